The Morgan fingerprint density at radius 1 is 1.29 bits per heavy atom. The first-order valence-corrected chi connectivity index (χ1v) is 7.39. The maximum absolute atomic E-state index is 11.9. The van der Waals surface area contributed by atoms with Gasteiger partial charge in [-0.2, -0.15) is 0 Å². The van der Waals surface area contributed by atoms with E-state index in [1.807, 2.05) is 13.8 Å². The summed E-state index contributed by atoms with van der Waals surface area (Å²) in [5.41, 5.74) is 5.78. The molecule has 0 aromatic rings. The number of sulfone groups is 1. The summed E-state index contributed by atoms with van der Waals surface area (Å²) >= 11 is 0. The first kappa shape index (κ1) is 16.7. The molecule has 0 spiro atoms. The fourth-order valence-electron chi connectivity index (χ4n) is 1.78. The Kier molecular flexibility index (Phi) is 6.43. The maximum atomic E-state index is 11.9. The number of nitrogens with two attached hydrogens (primary N) is 1. The molecule has 1 rings (SSSR count). The number of amides is 1. The molecule has 1 aliphatic rings. The van der Waals surface area contributed by atoms with Crippen molar-refractivity contribution in [1.29, 1.82) is 0 Å². The third kappa shape index (κ3) is 5.23. The molecular formula is C10H21ClN2O3S. The molecule has 0 saturated carbocycles. The van der Waals surface area contributed by atoms with Crippen LogP contribution in [0.3, 0.4) is 0 Å². The Balaban J connectivity index is 0.00000256. The van der Waals surface area contributed by atoms with Crippen molar-refractivity contribution in [3.05, 3.63) is 0 Å². The van der Waals surface area contributed by atoms with E-state index < -0.39 is 15.9 Å². The monoisotopic (exact) mass is 284 g/mol. The van der Waals surface area contributed by atoms with Crippen LogP contribution in [-0.4, -0.2) is 49.9 Å². The van der Waals surface area contributed by atoms with Crippen molar-refractivity contribution in [2.75, 3.05) is 24.6 Å². The molecule has 7 heteroatoms. The van der Waals surface area contributed by atoms with Crippen LogP contribution >= 0.6 is 12.4 Å². The van der Waals surface area contributed by atoms with Crippen LogP contribution in [-0.2, 0) is 14.6 Å². The minimum absolute atomic E-state index is 0. The van der Waals surface area contributed by atoms with Crippen molar-refractivity contribution in [3.8, 4) is 0 Å². The van der Waals surface area contributed by atoms with Gasteiger partial charge in [0.05, 0.1) is 17.5 Å². The van der Waals surface area contributed by atoms with Gasteiger partial charge in [-0.15, -0.1) is 12.4 Å². The molecule has 0 radical (unpaired) electrons. The molecule has 0 aliphatic carbocycles. The molecule has 5 nitrogen and oxygen atoms in total. The summed E-state index contributed by atoms with van der Waals surface area (Å²) in [4.78, 5) is 13.4. The molecule has 0 aromatic carbocycles. The number of halogens is 1. The average molecular weight is 285 g/mol. The Labute approximate surface area is 109 Å². The van der Waals surface area contributed by atoms with E-state index in [-0.39, 0.29) is 42.9 Å². The summed E-state index contributed by atoms with van der Waals surface area (Å²) in [5.74, 6) is 0.372. The molecular weight excluding hydrogens is 264 g/mol. The molecule has 17 heavy (non-hydrogen) atoms. The minimum Gasteiger partial charge on any atom is -0.339 e. The van der Waals surface area contributed by atoms with Gasteiger partial charge in [0, 0.05) is 13.1 Å². The lowest BCUT2D eigenvalue weighted by Gasteiger charge is -2.29. The normalized spacial score (nSPS) is 20.8. The highest BCUT2D eigenvalue weighted by Gasteiger charge is 2.28. The second-order valence-corrected chi connectivity index (χ2v) is 7.02. The molecule has 1 amide bonds. The number of hydrogen-bond donors (Lipinski definition) is 1. The van der Waals surface area contributed by atoms with Gasteiger partial charge in [0.15, 0.2) is 9.84 Å². The van der Waals surface area contributed by atoms with Crippen LogP contribution < -0.4 is 5.73 Å². The van der Waals surface area contributed by atoms with E-state index in [4.69, 9.17) is 5.73 Å². The van der Waals surface area contributed by atoms with Gasteiger partial charge in [-0.1, -0.05) is 13.8 Å². The first-order valence-electron chi connectivity index (χ1n) is 5.56. The topological polar surface area (TPSA) is 80.5 Å². The molecule has 1 fully saturated rings. The van der Waals surface area contributed by atoms with E-state index >= 15 is 0 Å². The maximum Gasteiger partial charge on any atom is 0.239 e. The van der Waals surface area contributed by atoms with Crippen molar-refractivity contribution in [3.63, 3.8) is 0 Å². The van der Waals surface area contributed by atoms with Crippen molar-refractivity contribution >= 4 is 28.2 Å². The largest absolute Gasteiger partial charge is 0.339 e. The molecule has 1 heterocycles. The standard InChI is InChI=1S/C10H20N2O3S.ClH/c1-8(2)7-9(11)10(13)12-3-5-16(14,15)6-4-12;/h8-9H,3-7,11H2,1-2H3;1H/t9-;/m0./s1. The molecule has 1 saturated heterocycles. The van der Waals surface area contributed by atoms with E-state index in [1.165, 1.54) is 0 Å². The summed E-state index contributed by atoms with van der Waals surface area (Å²) in [6.45, 7) is 4.58. The molecule has 0 unspecified atom stereocenters. The Hall–Kier alpha value is -0.330. The zero-order valence-electron chi connectivity index (χ0n) is 10.3. The predicted octanol–water partition coefficient (Wildman–Crippen LogP) is 0.0386. The van der Waals surface area contributed by atoms with Crippen LogP contribution in [0.1, 0.15) is 20.3 Å². The summed E-state index contributed by atoms with van der Waals surface area (Å²) in [6.07, 6.45) is 0.641. The van der Waals surface area contributed by atoms with Crippen LogP contribution in [0.4, 0.5) is 0 Å². The van der Waals surface area contributed by atoms with Gasteiger partial charge in [0.2, 0.25) is 5.91 Å². The van der Waals surface area contributed by atoms with E-state index in [9.17, 15) is 13.2 Å². The molecule has 1 aliphatic heterocycles. The van der Waals surface area contributed by atoms with Crippen molar-refractivity contribution in [2.45, 2.75) is 26.3 Å². The first-order chi connectivity index (χ1) is 7.32. The van der Waals surface area contributed by atoms with E-state index in [0.717, 1.165) is 0 Å². The highest BCUT2D eigenvalue weighted by Crippen LogP contribution is 2.09. The fourth-order valence-corrected chi connectivity index (χ4v) is 2.98. The van der Waals surface area contributed by atoms with Gasteiger partial charge in [-0.3, -0.25) is 4.79 Å². The van der Waals surface area contributed by atoms with Gasteiger partial charge in [0.25, 0.3) is 0 Å². The summed E-state index contributed by atoms with van der Waals surface area (Å²) in [6, 6.07) is -0.499. The summed E-state index contributed by atoms with van der Waals surface area (Å²) in [5, 5.41) is 0. The van der Waals surface area contributed by atoms with E-state index in [2.05, 4.69) is 0 Å². The quantitative estimate of drug-likeness (QED) is 0.793. The molecule has 2 N–H and O–H groups in total. The van der Waals surface area contributed by atoms with Crippen molar-refractivity contribution in [2.24, 2.45) is 11.7 Å². The summed E-state index contributed by atoms with van der Waals surface area (Å²) in [7, 11) is -2.93. The molecule has 0 bridgehead atoms. The number of nitrogens with zero attached hydrogens (tertiary/aromatic N) is 1. The lowest BCUT2D eigenvalue weighted by molar-refractivity contribution is -0.132. The molecule has 0 aromatic heterocycles. The van der Waals surface area contributed by atoms with Crippen LogP contribution in [0.15, 0.2) is 0 Å². The van der Waals surface area contributed by atoms with Gasteiger partial charge in [0.1, 0.15) is 0 Å². The predicted molar refractivity (Wildman–Crippen MR) is 69.9 cm³/mol. The van der Waals surface area contributed by atoms with Crippen molar-refractivity contribution < 1.29 is 13.2 Å². The van der Waals surface area contributed by atoms with Gasteiger partial charge < -0.3 is 10.6 Å². The zero-order chi connectivity index (χ0) is 12.3. The second kappa shape index (κ2) is 6.56. The third-order valence-corrected chi connectivity index (χ3v) is 4.31. The van der Waals surface area contributed by atoms with E-state index in [1.54, 1.807) is 4.90 Å². The Bertz CT molecular complexity index is 343. The number of hydrogen-bond acceptors (Lipinski definition) is 4. The van der Waals surface area contributed by atoms with Gasteiger partial charge >= 0.3 is 0 Å². The highest BCUT2D eigenvalue weighted by molar-refractivity contribution is 7.91. The second-order valence-electron chi connectivity index (χ2n) is 4.71. The number of carbonyl (C=O) groups excluding carboxylic acids is 1. The smallest absolute Gasteiger partial charge is 0.239 e. The van der Waals surface area contributed by atoms with Crippen LogP contribution in [0.2, 0.25) is 0 Å². The Morgan fingerprint density at radius 2 is 1.76 bits per heavy atom. The van der Waals surface area contributed by atoms with Crippen LogP contribution in [0.25, 0.3) is 0 Å². The summed E-state index contributed by atoms with van der Waals surface area (Å²) < 4.78 is 22.4. The average Bonchev–Trinajstić information content (AvgIpc) is 2.15. The SMILES string of the molecule is CC(C)C[C@H](N)C(=O)N1CCS(=O)(=O)CC1.Cl. The molecule has 1 atom stereocenters. The van der Waals surface area contributed by atoms with Crippen molar-refractivity contribution in [1.82, 2.24) is 4.90 Å². The van der Waals surface area contributed by atoms with Gasteiger partial charge in [-0.25, -0.2) is 8.42 Å². The van der Waals surface area contributed by atoms with Crippen LogP contribution in [0.5, 0.6) is 0 Å². The molecule has 102 valence electrons. The number of carbonyl (C=O) groups is 1. The highest BCUT2D eigenvalue weighted by atomic mass is 35.5. The third-order valence-electron chi connectivity index (χ3n) is 2.70. The lowest BCUT2D eigenvalue weighted by Crippen LogP contribution is -2.50. The van der Waals surface area contributed by atoms with E-state index in [0.29, 0.717) is 12.3 Å². The lowest BCUT2D eigenvalue weighted by atomic mass is 10.0. The van der Waals surface area contributed by atoms with Gasteiger partial charge in [-0.05, 0) is 12.3 Å². The minimum atomic E-state index is -2.93. The van der Waals surface area contributed by atoms with Crippen LogP contribution in [0, 0.1) is 5.92 Å². The number of rotatable bonds is 3. The Morgan fingerprint density at radius 3 is 2.18 bits per heavy atom. The fraction of sp³-hybridized carbons (Fsp3) is 0.900. The zero-order valence-corrected chi connectivity index (χ0v) is 11.9.